The van der Waals surface area contributed by atoms with Crippen molar-refractivity contribution < 1.29 is 4.79 Å². The van der Waals surface area contributed by atoms with Gasteiger partial charge < -0.3 is 4.79 Å². The lowest BCUT2D eigenvalue weighted by Crippen LogP contribution is -2.13. The van der Waals surface area contributed by atoms with Crippen LogP contribution in [0.25, 0.3) is 0 Å². The van der Waals surface area contributed by atoms with Gasteiger partial charge in [0.15, 0.2) is 0 Å². The van der Waals surface area contributed by atoms with Gasteiger partial charge >= 0.3 is 0 Å². The van der Waals surface area contributed by atoms with E-state index in [0.29, 0.717) is 0 Å². The zero-order valence-corrected chi connectivity index (χ0v) is 8.16. The fraction of sp³-hybridized carbons (Fsp3) is 0.455. The van der Waals surface area contributed by atoms with E-state index in [1.807, 2.05) is 26.0 Å². The molecular formula is C11H15NO. The first-order valence-corrected chi connectivity index (χ1v) is 4.49. The molecule has 0 atom stereocenters. The van der Waals surface area contributed by atoms with Crippen molar-refractivity contribution in [3.05, 3.63) is 30.1 Å². The molecule has 0 saturated carbocycles. The highest BCUT2D eigenvalue weighted by molar-refractivity contribution is 5.57. The van der Waals surface area contributed by atoms with E-state index in [1.54, 1.807) is 12.4 Å². The molecule has 0 aliphatic carbocycles. The summed E-state index contributed by atoms with van der Waals surface area (Å²) in [6.45, 7) is 3.92. The van der Waals surface area contributed by atoms with E-state index in [0.717, 1.165) is 19.1 Å². The maximum absolute atomic E-state index is 10.6. The highest BCUT2D eigenvalue weighted by atomic mass is 16.1. The Labute approximate surface area is 79.0 Å². The van der Waals surface area contributed by atoms with Crippen molar-refractivity contribution in [3.63, 3.8) is 0 Å². The highest BCUT2D eigenvalue weighted by Gasteiger charge is 2.15. The van der Waals surface area contributed by atoms with Crippen molar-refractivity contribution in [1.29, 1.82) is 0 Å². The lowest BCUT2D eigenvalue weighted by molar-refractivity contribution is -0.114. The van der Waals surface area contributed by atoms with Gasteiger partial charge in [-0.1, -0.05) is 13.8 Å². The summed E-state index contributed by atoms with van der Waals surface area (Å²) >= 11 is 0. The molecule has 13 heavy (non-hydrogen) atoms. The Morgan fingerprint density at radius 1 is 1.38 bits per heavy atom. The van der Waals surface area contributed by atoms with E-state index >= 15 is 0 Å². The number of carbonyl (C=O) groups is 1. The summed E-state index contributed by atoms with van der Waals surface area (Å²) in [6.07, 6.45) is 6.41. The van der Waals surface area contributed by atoms with E-state index in [-0.39, 0.29) is 5.41 Å². The molecule has 1 rings (SSSR count). The molecule has 70 valence electrons. The number of carbonyl (C=O) groups excluding carboxylic acids is 1. The second-order valence-corrected chi connectivity index (χ2v) is 3.96. The van der Waals surface area contributed by atoms with Crippen LogP contribution in [0.1, 0.15) is 25.8 Å². The van der Waals surface area contributed by atoms with Crippen LogP contribution < -0.4 is 0 Å². The van der Waals surface area contributed by atoms with Gasteiger partial charge in [0.25, 0.3) is 0 Å². The molecular weight excluding hydrogens is 162 g/mol. The summed E-state index contributed by atoms with van der Waals surface area (Å²) in [5.74, 6) is 0. The van der Waals surface area contributed by atoms with Gasteiger partial charge in [-0.25, -0.2) is 0 Å². The molecule has 0 radical (unpaired) electrons. The van der Waals surface area contributed by atoms with E-state index in [2.05, 4.69) is 4.98 Å². The van der Waals surface area contributed by atoms with Gasteiger partial charge in [-0.3, -0.25) is 4.98 Å². The van der Waals surface area contributed by atoms with Crippen LogP contribution in [0.15, 0.2) is 24.5 Å². The normalized spacial score (nSPS) is 11.2. The van der Waals surface area contributed by atoms with Gasteiger partial charge in [0.05, 0.1) is 0 Å². The summed E-state index contributed by atoms with van der Waals surface area (Å²) in [5, 5.41) is 0. The molecule has 0 spiro atoms. The van der Waals surface area contributed by atoms with Crippen molar-refractivity contribution in [1.82, 2.24) is 4.98 Å². The average Bonchev–Trinajstić information content (AvgIpc) is 2.17. The lowest BCUT2D eigenvalue weighted by atomic mass is 9.88. The number of rotatable bonds is 4. The standard InChI is InChI=1S/C11H15NO/c1-11(2,9-13)6-3-10-4-7-12-8-5-10/h4-5,7-9H,3,6H2,1-2H3. The molecule has 0 bridgehead atoms. The largest absolute Gasteiger partial charge is 0.303 e. The molecule has 0 saturated heterocycles. The number of hydrogen-bond donors (Lipinski definition) is 0. The third kappa shape index (κ3) is 3.36. The first-order chi connectivity index (χ1) is 6.14. The van der Waals surface area contributed by atoms with Crippen LogP contribution in [0.3, 0.4) is 0 Å². The van der Waals surface area contributed by atoms with E-state index in [1.165, 1.54) is 5.56 Å². The van der Waals surface area contributed by atoms with Crippen LogP contribution in [-0.2, 0) is 11.2 Å². The number of nitrogens with zero attached hydrogens (tertiary/aromatic N) is 1. The summed E-state index contributed by atoms with van der Waals surface area (Å²) < 4.78 is 0. The van der Waals surface area contributed by atoms with Crippen LogP contribution in [0.2, 0.25) is 0 Å². The minimum atomic E-state index is -0.205. The first-order valence-electron chi connectivity index (χ1n) is 4.49. The van der Waals surface area contributed by atoms with Crippen molar-refractivity contribution in [2.45, 2.75) is 26.7 Å². The Kier molecular flexibility index (Phi) is 3.18. The second kappa shape index (κ2) is 4.17. The Morgan fingerprint density at radius 3 is 2.54 bits per heavy atom. The molecule has 0 aliphatic rings. The maximum atomic E-state index is 10.6. The molecule has 1 aromatic rings. The third-order valence-corrected chi connectivity index (χ3v) is 2.13. The molecule has 0 aliphatic heterocycles. The van der Waals surface area contributed by atoms with Crippen LogP contribution in [0.4, 0.5) is 0 Å². The van der Waals surface area contributed by atoms with E-state index in [4.69, 9.17) is 0 Å². The van der Waals surface area contributed by atoms with E-state index < -0.39 is 0 Å². The molecule has 0 fully saturated rings. The molecule has 0 aromatic carbocycles. The highest BCUT2D eigenvalue weighted by Crippen LogP contribution is 2.19. The molecule has 1 heterocycles. The zero-order chi connectivity index (χ0) is 9.73. The van der Waals surface area contributed by atoms with Gasteiger partial charge in [0.1, 0.15) is 6.29 Å². The molecule has 1 aromatic heterocycles. The van der Waals surface area contributed by atoms with Crippen molar-refractivity contribution in [2.75, 3.05) is 0 Å². The molecule has 0 unspecified atom stereocenters. The third-order valence-electron chi connectivity index (χ3n) is 2.13. The molecule has 0 amide bonds. The fourth-order valence-corrected chi connectivity index (χ4v) is 1.07. The number of aldehydes is 1. The molecule has 0 N–H and O–H groups in total. The number of aryl methyl sites for hydroxylation is 1. The summed E-state index contributed by atoms with van der Waals surface area (Å²) in [5.41, 5.74) is 1.04. The van der Waals surface area contributed by atoms with Crippen LogP contribution in [-0.4, -0.2) is 11.3 Å². The maximum Gasteiger partial charge on any atom is 0.125 e. The summed E-state index contributed by atoms with van der Waals surface area (Å²) in [6, 6.07) is 3.97. The smallest absolute Gasteiger partial charge is 0.125 e. The second-order valence-electron chi connectivity index (χ2n) is 3.96. The first kappa shape index (κ1) is 9.90. The SMILES string of the molecule is CC(C)(C=O)CCc1ccncc1. The van der Waals surface area contributed by atoms with Crippen LogP contribution in [0, 0.1) is 5.41 Å². The van der Waals surface area contributed by atoms with Crippen molar-refractivity contribution >= 4 is 6.29 Å². The fourth-order valence-electron chi connectivity index (χ4n) is 1.07. The van der Waals surface area contributed by atoms with Crippen molar-refractivity contribution in [2.24, 2.45) is 5.41 Å². The Hall–Kier alpha value is -1.18. The van der Waals surface area contributed by atoms with Gasteiger partial charge in [0, 0.05) is 17.8 Å². The minimum absolute atomic E-state index is 0.205. The monoisotopic (exact) mass is 177 g/mol. The summed E-state index contributed by atoms with van der Waals surface area (Å²) in [4.78, 5) is 14.6. The van der Waals surface area contributed by atoms with Gasteiger partial charge in [0.2, 0.25) is 0 Å². The molecule has 2 nitrogen and oxygen atoms in total. The van der Waals surface area contributed by atoms with Gasteiger partial charge in [-0.05, 0) is 30.5 Å². The topological polar surface area (TPSA) is 30.0 Å². The number of hydrogen-bond acceptors (Lipinski definition) is 2. The van der Waals surface area contributed by atoms with Crippen LogP contribution in [0.5, 0.6) is 0 Å². The number of aromatic nitrogens is 1. The van der Waals surface area contributed by atoms with Gasteiger partial charge in [-0.15, -0.1) is 0 Å². The quantitative estimate of drug-likeness (QED) is 0.660. The van der Waals surface area contributed by atoms with Crippen LogP contribution >= 0.6 is 0 Å². The Morgan fingerprint density at radius 2 is 2.00 bits per heavy atom. The van der Waals surface area contributed by atoms with E-state index in [9.17, 15) is 4.79 Å². The Bertz CT molecular complexity index is 267. The zero-order valence-electron chi connectivity index (χ0n) is 8.16. The average molecular weight is 177 g/mol. The lowest BCUT2D eigenvalue weighted by Gasteiger charge is -2.15. The van der Waals surface area contributed by atoms with Crippen molar-refractivity contribution in [3.8, 4) is 0 Å². The van der Waals surface area contributed by atoms with Gasteiger partial charge in [-0.2, -0.15) is 0 Å². The predicted octanol–water partition coefficient (Wildman–Crippen LogP) is 2.24. The predicted molar refractivity (Wildman–Crippen MR) is 52.4 cm³/mol. The summed E-state index contributed by atoms with van der Waals surface area (Å²) in [7, 11) is 0. The minimum Gasteiger partial charge on any atom is -0.303 e. The molecule has 2 heteroatoms. The Balaban J connectivity index is 2.48. The number of pyridine rings is 1.